The van der Waals surface area contributed by atoms with Gasteiger partial charge in [-0.25, -0.2) is 15.8 Å². The van der Waals surface area contributed by atoms with Gasteiger partial charge in [-0.3, -0.25) is 10.1 Å². The van der Waals surface area contributed by atoms with Gasteiger partial charge in [-0.1, -0.05) is 6.92 Å². The quantitative estimate of drug-likeness (QED) is 0.306. The molecule has 100 valence electrons. The third-order valence-electron chi connectivity index (χ3n) is 2.38. The Hall–Kier alpha value is -2.00. The van der Waals surface area contributed by atoms with Crippen molar-refractivity contribution < 1.29 is 10.0 Å². The fourth-order valence-corrected chi connectivity index (χ4v) is 1.38. The topological polar surface area (TPSA) is 139 Å². The van der Waals surface area contributed by atoms with Crippen molar-refractivity contribution in [3.05, 3.63) is 16.4 Å². The highest BCUT2D eigenvalue weighted by molar-refractivity contribution is 5.68. The lowest BCUT2D eigenvalue weighted by molar-refractivity contribution is -0.383. The summed E-state index contributed by atoms with van der Waals surface area (Å²) in [4.78, 5) is 17.8. The summed E-state index contributed by atoms with van der Waals surface area (Å²) in [6.45, 7) is 2.45. The van der Waals surface area contributed by atoms with Gasteiger partial charge in [0.1, 0.15) is 6.33 Å². The highest BCUT2D eigenvalue weighted by Gasteiger charge is 2.22. The van der Waals surface area contributed by atoms with Crippen LogP contribution in [-0.4, -0.2) is 33.1 Å². The van der Waals surface area contributed by atoms with E-state index in [0.717, 1.165) is 0 Å². The smallest absolute Gasteiger partial charge is 0.354 e. The zero-order chi connectivity index (χ0) is 13.5. The Kier molecular flexibility index (Phi) is 5.21. The Balaban J connectivity index is 2.85. The minimum absolute atomic E-state index is 0.0488. The van der Waals surface area contributed by atoms with Crippen LogP contribution in [0.15, 0.2) is 6.33 Å². The maximum Gasteiger partial charge on any atom is 0.354 e. The number of aliphatic hydroxyl groups is 1. The lowest BCUT2D eigenvalue weighted by Gasteiger charge is -2.12. The zero-order valence-electron chi connectivity index (χ0n) is 9.96. The fraction of sp³-hybridized carbons (Fsp3) is 0.556. The Morgan fingerprint density at radius 2 is 2.22 bits per heavy atom. The van der Waals surface area contributed by atoms with Gasteiger partial charge in [0.05, 0.1) is 4.92 Å². The van der Waals surface area contributed by atoms with Crippen molar-refractivity contribution in [1.82, 2.24) is 9.97 Å². The molecule has 1 rings (SSSR count). The predicted octanol–water partition coefficient (Wildman–Crippen LogP) is 0.101. The van der Waals surface area contributed by atoms with Crippen molar-refractivity contribution in [2.45, 2.75) is 13.3 Å². The molecule has 0 radical (unpaired) electrons. The molecule has 0 bridgehead atoms. The molecule has 1 aromatic rings. The molecule has 1 aromatic heterocycles. The number of aliphatic hydroxyl groups excluding tert-OH is 1. The second-order valence-corrected chi connectivity index (χ2v) is 3.82. The van der Waals surface area contributed by atoms with Gasteiger partial charge < -0.3 is 15.8 Å². The lowest BCUT2D eigenvalue weighted by atomic mass is 10.1. The molecule has 0 aromatic carbocycles. The van der Waals surface area contributed by atoms with Crippen molar-refractivity contribution >= 4 is 17.3 Å². The number of hydrogen-bond donors (Lipinski definition) is 4. The standard InChI is InChI=1S/C9H16N6O3/c1-6(2-3-16)4-11-8-7(15(17)18)9(14-10)13-5-12-8/h5-6,16H,2-4,10H2,1H3,(H2,11,12,13,14). The van der Waals surface area contributed by atoms with Crippen molar-refractivity contribution in [2.24, 2.45) is 11.8 Å². The van der Waals surface area contributed by atoms with Crippen LogP contribution in [0.3, 0.4) is 0 Å². The first-order valence-electron chi connectivity index (χ1n) is 5.40. The molecule has 1 unspecified atom stereocenters. The third kappa shape index (κ3) is 3.50. The number of nitrogens with zero attached hydrogens (tertiary/aromatic N) is 3. The van der Waals surface area contributed by atoms with Gasteiger partial charge >= 0.3 is 5.69 Å². The molecule has 0 saturated heterocycles. The van der Waals surface area contributed by atoms with E-state index in [1.165, 1.54) is 6.33 Å². The van der Waals surface area contributed by atoms with Crippen LogP contribution in [0.2, 0.25) is 0 Å². The molecule has 1 atom stereocenters. The van der Waals surface area contributed by atoms with Gasteiger partial charge in [0.2, 0.25) is 11.6 Å². The van der Waals surface area contributed by atoms with Gasteiger partial charge in [-0.05, 0) is 12.3 Å². The van der Waals surface area contributed by atoms with E-state index in [0.29, 0.717) is 13.0 Å². The van der Waals surface area contributed by atoms with E-state index in [2.05, 4.69) is 20.7 Å². The summed E-state index contributed by atoms with van der Waals surface area (Å²) in [7, 11) is 0. The monoisotopic (exact) mass is 256 g/mol. The van der Waals surface area contributed by atoms with Crippen LogP contribution in [0.1, 0.15) is 13.3 Å². The number of nitro groups is 1. The van der Waals surface area contributed by atoms with Crippen LogP contribution in [0.4, 0.5) is 17.3 Å². The van der Waals surface area contributed by atoms with E-state index < -0.39 is 4.92 Å². The average Bonchev–Trinajstić information content (AvgIpc) is 2.35. The Labute approximate surface area is 104 Å². The van der Waals surface area contributed by atoms with Crippen LogP contribution >= 0.6 is 0 Å². The molecule has 5 N–H and O–H groups in total. The Morgan fingerprint density at radius 3 is 2.78 bits per heavy atom. The third-order valence-corrected chi connectivity index (χ3v) is 2.38. The SMILES string of the molecule is CC(CCO)CNc1ncnc(NN)c1[N+](=O)[O-]. The van der Waals surface area contributed by atoms with Crippen molar-refractivity contribution in [1.29, 1.82) is 0 Å². The minimum Gasteiger partial charge on any atom is -0.396 e. The van der Waals surface area contributed by atoms with Crippen LogP contribution in [0.25, 0.3) is 0 Å². The summed E-state index contributed by atoms with van der Waals surface area (Å²) in [5.41, 5.74) is 1.86. The maximum absolute atomic E-state index is 10.9. The molecule has 9 heteroatoms. The molecule has 0 amide bonds. The number of hydrazine groups is 1. The number of nitrogens with one attached hydrogen (secondary N) is 2. The summed E-state index contributed by atoms with van der Waals surface area (Å²) < 4.78 is 0. The summed E-state index contributed by atoms with van der Waals surface area (Å²) >= 11 is 0. The highest BCUT2D eigenvalue weighted by atomic mass is 16.6. The van der Waals surface area contributed by atoms with Gasteiger partial charge in [0.25, 0.3) is 0 Å². The number of nitrogen functional groups attached to an aromatic ring is 1. The summed E-state index contributed by atoms with van der Waals surface area (Å²) in [5, 5.41) is 22.5. The molecule has 0 aliphatic rings. The molecule has 0 aliphatic heterocycles. The van der Waals surface area contributed by atoms with Gasteiger partial charge in [-0.2, -0.15) is 0 Å². The van der Waals surface area contributed by atoms with E-state index in [4.69, 9.17) is 10.9 Å². The van der Waals surface area contributed by atoms with E-state index >= 15 is 0 Å². The summed E-state index contributed by atoms with van der Waals surface area (Å²) in [6, 6.07) is 0. The second-order valence-electron chi connectivity index (χ2n) is 3.82. The van der Waals surface area contributed by atoms with E-state index in [1.807, 2.05) is 6.92 Å². The second kappa shape index (κ2) is 6.67. The molecule has 1 heterocycles. The summed E-state index contributed by atoms with van der Waals surface area (Å²) in [5.74, 6) is 5.38. The molecular weight excluding hydrogens is 240 g/mol. The van der Waals surface area contributed by atoms with Crippen molar-refractivity contribution in [3.8, 4) is 0 Å². The number of aromatic nitrogens is 2. The minimum atomic E-state index is -0.603. The average molecular weight is 256 g/mol. The zero-order valence-corrected chi connectivity index (χ0v) is 9.96. The number of hydrogen-bond acceptors (Lipinski definition) is 8. The first-order valence-corrected chi connectivity index (χ1v) is 5.40. The molecule has 0 spiro atoms. The maximum atomic E-state index is 10.9. The van der Waals surface area contributed by atoms with Crippen LogP contribution < -0.4 is 16.6 Å². The van der Waals surface area contributed by atoms with Crippen LogP contribution in [-0.2, 0) is 0 Å². The van der Waals surface area contributed by atoms with E-state index in [9.17, 15) is 10.1 Å². The highest BCUT2D eigenvalue weighted by Crippen LogP contribution is 2.28. The number of rotatable bonds is 7. The van der Waals surface area contributed by atoms with Gasteiger partial charge in [0, 0.05) is 13.2 Å². The molecule has 18 heavy (non-hydrogen) atoms. The number of nitrogens with two attached hydrogens (primary N) is 1. The predicted molar refractivity (Wildman–Crippen MR) is 65.9 cm³/mol. The van der Waals surface area contributed by atoms with Gasteiger partial charge in [-0.15, -0.1) is 0 Å². The molecule has 0 aliphatic carbocycles. The van der Waals surface area contributed by atoms with Crippen molar-refractivity contribution in [2.75, 3.05) is 23.9 Å². The van der Waals surface area contributed by atoms with Crippen molar-refractivity contribution in [3.63, 3.8) is 0 Å². The molecule has 0 fully saturated rings. The normalized spacial score (nSPS) is 11.9. The van der Waals surface area contributed by atoms with Crippen LogP contribution in [0, 0.1) is 16.0 Å². The van der Waals surface area contributed by atoms with E-state index in [1.54, 1.807) is 0 Å². The lowest BCUT2D eigenvalue weighted by Crippen LogP contribution is -2.17. The van der Waals surface area contributed by atoms with Gasteiger partial charge in [0.15, 0.2) is 0 Å². The van der Waals surface area contributed by atoms with Crippen LogP contribution in [0.5, 0.6) is 0 Å². The Bertz CT molecular complexity index is 413. The molecular formula is C9H16N6O3. The first-order chi connectivity index (χ1) is 8.60. The molecule has 9 nitrogen and oxygen atoms in total. The molecule has 0 saturated carbocycles. The fourth-order valence-electron chi connectivity index (χ4n) is 1.38. The number of anilines is 2. The summed E-state index contributed by atoms with van der Waals surface area (Å²) in [6.07, 6.45) is 1.79. The van der Waals surface area contributed by atoms with E-state index in [-0.39, 0.29) is 29.8 Å². The largest absolute Gasteiger partial charge is 0.396 e. The first kappa shape index (κ1) is 14.1. The Morgan fingerprint density at radius 1 is 1.56 bits per heavy atom.